The zero-order chi connectivity index (χ0) is 9.80. The molecule has 1 atom stereocenters. The Morgan fingerprint density at radius 2 is 2.29 bits per heavy atom. The van der Waals surface area contributed by atoms with Gasteiger partial charge in [-0.05, 0) is 24.0 Å². The number of aryl methyl sites for hydroxylation is 1. The molecule has 1 aliphatic rings. The first-order valence-corrected chi connectivity index (χ1v) is 5.42. The Hall–Kier alpha value is -0.790. The number of rotatable bonds is 3. The second-order valence-corrected chi connectivity index (χ2v) is 3.81. The molecule has 1 nitrogen and oxygen atoms in total. The molecule has 0 saturated carbocycles. The highest BCUT2D eigenvalue weighted by molar-refractivity contribution is 6.25. The van der Waals surface area contributed by atoms with E-state index >= 15 is 0 Å². The van der Waals surface area contributed by atoms with Gasteiger partial charge in [0.15, 0.2) is 0 Å². The molecule has 0 spiro atoms. The van der Waals surface area contributed by atoms with Gasteiger partial charge < -0.3 is 5.32 Å². The van der Waals surface area contributed by atoms with Crippen molar-refractivity contribution in [2.24, 2.45) is 0 Å². The lowest BCUT2D eigenvalue weighted by molar-refractivity contribution is 0.564. The molecule has 0 saturated heterocycles. The highest BCUT2D eigenvalue weighted by atomic mass is 35.5. The predicted molar refractivity (Wildman–Crippen MR) is 60.5 cm³/mol. The van der Waals surface area contributed by atoms with Crippen LogP contribution in [0.5, 0.6) is 0 Å². The third kappa shape index (κ3) is 1.99. The lowest BCUT2D eigenvalue weighted by Crippen LogP contribution is -2.18. The molecule has 1 aliphatic carbocycles. The molecule has 0 fully saturated rings. The van der Waals surface area contributed by atoms with Gasteiger partial charge in [0, 0.05) is 18.1 Å². The summed E-state index contributed by atoms with van der Waals surface area (Å²) in [4.78, 5) is 0. The Labute approximate surface area is 89.8 Å². The third-order valence-corrected chi connectivity index (χ3v) is 2.88. The average Bonchev–Trinajstić information content (AvgIpc) is 2.63. The lowest BCUT2D eigenvalue weighted by Gasteiger charge is -2.11. The van der Waals surface area contributed by atoms with Gasteiger partial charge >= 0.3 is 0 Å². The van der Waals surface area contributed by atoms with Gasteiger partial charge in [-0.15, -0.1) is 0 Å². The minimum Gasteiger partial charge on any atom is -0.306 e. The molecule has 0 aliphatic heterocycles. The van der Waals surface area contributed by atoms with E-state index in [4.69, 9.17) is 11.6 Å². The van der Waals surface area contributed by atoms with E-state index in [-0.39, 0.29) is 0 Å². The molecular weight excluding hydrogens is 194 g/mol. The van der Waals surface area contributed by atoms with Crippen LogP contribution in [-0.2, 0) is 6.42 Å². The zero-order valence-corrected chi connectivity index (χ0v) is 8.80. The van der Waals surface area contributed by atoms with Crippen LogP contribution in [0.1, 0.15) is 23.6 Å². The molecule has 1 aromatic rings. The van der Waals surface area contributed by atoms with Crippen LogP contribution in [0.25, 0.3) is 0 Å². The summed E-state index contributed by atoms with van der Waals surface area (Å²) < 4.78 is 0. The van der Waals surface area contributed by atoms with Crippen LogP contribution in [0, 0.1) is 0 Å². The van der Waals surface area contributed by atoms with Gasteiger partial charge in [-0.2, -0.15) is 0 Å². The number of halogens is 1. The van der Waals surface area contributed by atoms with Crippen molar-refractivity contribution in [2.75, 3.05) is 6.54 Å². The topological polar surface area (TPSA) is 12.0 Å². The largest absolute Gasteiger partial charge is 0.306 e. The maximum absolute atomic E-state index is 5.47. The Balaban J connectivity index is 2.03. The third-order valence-electron chi connectivity index (χ3n) is 2.70. The monoisotopic (exact) mass is 207 g/mol. The fourth-order valence-electron chi connectivity index (χ4n) is 2.02. The van der Waals surface area contributed by atoms with E-state index in [0.717, 1.165) is 6.54 Å². The molecule has 14 heavy (non-hydrogen) atoms. The first-order chi connectivity index (χ1) is 6.92. The molecule has 2 rings (SSSR count). The van der Waals surface area contributed by atoms with Crippen molar-refractivity contribution in [1.29, 1.82) is 0 Å². The fraction of sp³-hybridized carbons (Fsp3) is 0.333. The Morgan fingerprint density at radius 1 is 1.43 bits per heavy atom. The van der Waals surface area contributed by atoms with Gasteiger partial charge in [-0.1, -0.05) is 41.9 Å². The highest BCUT2D eigenvalue weighted by Gasteiger charge is 2.20. The van der Waals surface area contributed by atoms with Crippen molar-refractivity contribution in [3.63, 3.8) is 0 Å². The molecule has 0 amide bonds. The number of benzene rings is 1. The zero-order valence-electron chi connectivity index (χ0n) is 8.04. The van der Waals surface area contributed by atoms with E-state index in [2.05, 4.69) is 29.6 Å². The van der Waals surface area contributed by atoms with Crippen molar-refractivity contribution in [3.8, 4) is 0 Å². The predicted octanol–water partition coefficient (Wildman–Crippen LogP) is 3.02. The number of fused-ring (bicyclic) bond motifs is 1. The molecule has 2 heteroatoms. The van der Waals surface area contributed by atoms with Crippen LogP contribution in [0.2, 0.25) is 0 Å². The molecule has 0 aromatic heterocycles. The SMILES string of the molecule is ClC=CCN[C@H]1CCc2ccccc21. The number of hydrogen-bond acceptors (Lipinski definition) is 1. The molecule has 0 bridgehead atoms. The minimum absolute atomic E-state index is 0.513. The van der Waals surface area contributed by atoms with Crippen LogP contribution in [0.15, 0.2) is 35.9 Å². The molecule has 0 heterocycles. The van der Waals surface area contributed by atoms with Gasteiger partial charge in [0.1, 0.15) is 0 Å². The molecule has 1 N–H and O–H groups in total. The van der Waals surface area contributed by atoms with E-state index in [0.29, 0.717) is 6.04 Å². The van der Waals surface area contributed by atoms with Crippen LogP contribution in [0.3, 0.4) is 0 Å². The highest BCUT2D eigenvalue weighted by Crippen LogP contribution is 2.30. The maximum Gasteiger partial charge on any atom is 0.0328 e. The van der Waals surface area contributed by atoms with Crippen molar-refractivity contribution in [1.82, 2.24) is 5.32 Å². The molecule has 0 radical (unpaired) electrons. The summed E-state index contributed by atoms with van der Waals surface area (Å²) in [6, 6.07) is 9.16. The lowest BCUT2D eigenvalue weighted by atomic mass is 10.1. The van der Waals surface area contributed by atoms with E-state index in [1.807, 2.05) is 6.08 Å². The summed E-state index contributed by atoms with van der Waals surface area (Å²) in [5.41, 5.74) is 4.50. The van der Waals surface area contributed by atoms with Gasteiger partial charge in [-0.3, -0.25) is 0 Å². The summed E-state index contributed by atoms with van der Waals surface area (Å²) in [6.07, 6.45) is 4.33. The number of hydrogen-bond donors (Lipinski definition) is 1. The Kier molecular flexibility index (Phi) is 3.22. The molecule has 0 unspecified atom stereocenters. The van der Waals surface area contributed by atoms with Gasteiger partial charge in [0.2, 0.25) is 0 Å². The normalized spacial score (nSPS) is 20.2. The summed E-state index contributed by atoms with van der Waals surface area (Å²) in [5.74, 6) is 0. The molecule has 74 valence electrons. The second-order valence-electron chi connectivity index (χ2n) is 3.56. The summed E-state index contributed by atoms with van der Waals surface area (Å²) in [6.45, 7) is 0.850. The summed E-state index contributed by atoms with van der Waals surface area (Å²) >= 11 is 5.47. The number of nitrogens with one attached hydrogen (secondary N) is 1. The van der Waals surface area contributed by atoms with Crippen molar-refractivity contribution < 1.29 is 0 Å². The molecular formula is C12H14ClN. The van der Waals surface area contributed by atoms with E-state index in [9.17, 15) is 0 Å². The first-order valence-electron chi connectivity index (χ1n) is 4.98. The van der Waals surface area contributed by atoms with Gasteiger partial charge in [0.25, 0.3) is 0 Å². The average molecular weight is 208 g/mol. The van der Waals surface area contributed by atoms with Crippen LogP contribution >= 0.6 is 11.6 Å². The van der Waals surface area contributed by atoms with E-state index in [1.54, 1.807) is 5.54 Å². The first kappa shape index (κ1) is 9.75. The minimum atomic E-state index is 0.513. The summed E-state index contributed by atoms with van der Waals surface area (Å²) in [5, 5.41) is 3.47. The van der Waals surface area contributed by atoms with Crippen molar-refractivity contribution >= 4 is 11.6 Å². The van der Waals surface area contributed by atoms with Crippen LogP contribution in [-0.4, -0.2) is 6.54 Å². The van der Waals surface area contributed by atoms with E-state index in [1.165, 1.54) is 24.0 Å². The quantitative estimate of drug-likeness (QED) is 0.804. The van der Waals surface area contributed by atoms with Gasteiger partial charge in [0.05, 0.1) is 0 Å². The Morgan fingerprint density at radius 3 is 3.14 bits per heavy atom. The van der Waals surface area contributed by atoms with Crippen LogP contribution < -0.4 is 5.32 Å². The Bertz CT molecular complexity index is 333. The van der Waals surface area contributed by atoms with Gasteiger partial charge in [-0.25, -0.2) is 0 Å². The fourth-order valence-corrected chi connectivity index (χ4v) is 2.11. The van der Waals surface area contributed by atoms with Crippen molar-refractivity contribution in [2.45, 2.75) is 18.9 Å². The smallest absolute Gasteiger partial charge is 0.0328 e. The summed E-state index contributed by atoms with van der Waals surface area (Å²) in [7, 11) is 0. The molecule has 1 aromatic carbocycles. The van der Waals surface area contributed by atoms with Crippen molar-refractivity contribution in [3.05, 3.63) is 47.0 Å². The second kappa shape index (κ2) is 4.63. The van der Waals surface area contributed by atoms with E-state index < -0.39 is 0 Å². The standard InChI is InChI=1S/C12H14ClN/c13-8-3-9-14-12-7-6-10-4-1-2-5-11(10)12/h1-5,8,12,14H,6-7,9H2/t12-/m0/s1. The van der Waals surface area contributed by atoms with Crippen LogP contribution in [0.4, 0.5) is 0 Å². The maximum atomic E-state index is 5.47.